The molecule has 8 nitrogen and oxygen atoms in total. The molecule has 2 aromatic heterocycles. The minimum Gasteiger partial charge on any atom is -0.355 e. The van der Waals surface area contributed by atoms with E-state index in [-0.39, 0.29) is 10.8 Å². The van der Waals surface area contributed by atoms with Gasteiger partial charge < -0.3 is 9.47 Å². The van der Waals surface area contributed by atoms with Gasteiger partial charge in [-0.05, 0) is 31.0 Å². The van der Waals surface area contributed by atoms with E-state index in [4.69, 9.17) is 0 Å². The van der Waals surface area contributed by atoms with Gasteiger partial charge in [0.1, 0.15) is 24.3 Å². The van der Waals surface area contributed by atoms with Gasteiger partial charge in [0.05, 0.1) is 10.4 Å². The molecule has 1 aliphatic heterocycles. The zero-order valence-electron chi connectivity index (χ0n) is 14.7. The standard InChI is InChI=1S/C17H20N6O2S/c1-22-11-20-21-16(22)12-4-3-7-23(9-12)17-14-8-13(26(2,24)25)5-6-15(14)18-10-19-17/h5-6,8,10-12H,3-4,7,9H2,1-2H3. The summed E-state index contributed by atoms with van der Waals surface area (Å²) in [7, 11) is -1.34. The first-order valence-corrected chi connectivity index (χ1v) is 10.4. The first-order chi connectivity index (χ1) is 12.4. The zero-order chi connectivity index (χ0) is 18.3. The summed E-state index contributed by atoms with van der Waals surface area (Å²) in [5.74, 6) is 2.00. The van der Waals surface area contributed by atoms with Gasteiger partial charge in [-0.3, -0.25) is 0 Å². The third-order valence-corrected chi connectivity index (χ3v) is 5.96. The minimum atomic E-state index is -3.29. The van der Waals surface area contributed by atoms with Gasteiger partial charge in [0.25, 0.3) is 0 Å². The highest BCUT2D eigenvalue weighted by Crippen LogP contribution is 2.32. The monoisotopic (exact) mass is 372 g/mol. The Morgan fingerprint density at radius 1 is 1.23 bits per heavy atom. The molecule has 1 aromatic carbocycles. The number of piperidine rings is 1. The van der Waals surface area contributed by atoms with Crippen LogP contribution in [0.4, 0.5) is 5.82 Å². The number of benzene rings is 1. The van der Waals surface area contributed by atoms with Gasteiger partial charge in [-0.1, -0.05) is 0 Å². The number of anilines is 1. The fourth-order valence-corrected chi connectivity index (χ4v) is 4.19. The Balaban J connectivity index is 1.75. The van der Waals surface area contributed by atoms with E-state index < -0.39 is 9.84 Å². The second-order valence-corrected chi connectivity index (χ2v) is 8.75. The lowest BCUT2D eigenvalue weighted by Crippen LogP contribution is -2.36. The summed E-state index contributed by atoms with van der Waals surface area (Å²) in [4.78, 5) is 11.2. The Labute approximate surface area is 151 Å². The van der Waals surface area contributed by atoms with Gasteiger partial charge in [-0.25, -0.2) is 18.4 Å². The van der Waals surface area contributed by atoms with Crippen molar-refractivity contribution < 1.29 is 8.42 Å². The van der Waals surface area contributed by atoms with Gasteiger partial charge in [0.15, 0.2) is 9.84 Å². The number of fused-ring (bicyclic) bond motifs is 1. The van der Waals surface area contributed by atoms with Crippen molar-refractivity contribution in [3.63, 3.8) is 0 Å². The molecule has 0 N–H and O–H groups in total. The molecule has 0 bridgehead atoms. The van der Waals surface area contributed by atoms with Crippen LogP contribution in [-0.2, 0) is 16.9 Å². The van der Waals surface area contributed by atoms with E-state index in [1.807, 2.05) is 11.6 Å². The van der Waals surface area contributed by atoms with Crippen LogP contribution < -0.4 is 4.90 Å². The van der Waals surface area contributed by atoms with E-state index in [0.717, 1.165) is 48.5 Å². The highest BCUT2D eigenvalue weighted by molar-refractivity contribution is 7.90. The average Bonchev–Trinajstić information content (AvgIpc) is 3.06. The van der Waals surface area contributed by atoms with E-state index in [2.05, 4.69) is 25.1 Å². The van der Waals surface area contributed by atoms with Crippen molar-refractivity contribution in [2.75, 3.05) is 24.2 Å². The maximum Gasteiger partial charge on any atom is 0.175 e. The van der Waals surface area contributed by atoms with Gasteiger partial charge in [0, 0.05) is 37.7 Å². The van der Waals surface area contributed by atoms with Gasteiger partial charge in [-0.2, -0.15) is 0 Å². The molecule has 0 amide bonds. The molecule has 0 spiro atoms. The molecule has 1 unspecified atom stereocenters. The van der Waals surface area contributed by atoms with Crippen LogP contribution in [0, 0.1) is 0 Å². The van der Waals surface area contributed by atoms with Crippen LogP contribution in [0.2, 0.25) is 0 Å². The molecule has 0 saturated carbocycles. The first kappa shape index (κ1) is 16.9. The molecule has 26 heavy (non-hydrogen) atoms. The third kappa shape index (κ3) is 3.03. The van der Waals surface area contributed by atoms with E-state index >= 15 is 0 Å². The van der Waals surface area contributed by atoms with Crippen molar-refractivity contribution in [3.8, 4) is 0 Å². The van der Waals surface area contributed by atoms with Crippen molar-refractivity contribution in [3.05, 3.63) is 36.7 Å². The second kappa shape index (κ2) is 6.31. The van der Waals surface area contributed by atoms with Crippen molar-refractivity contribution in [1.82, 2.24) is 24.7 Å². The molecule has 3 heterocycles. The predicted molar refractivity (Wildman–Crippen MR) is 97.8 cm³/mol. The summed E-state index contributed by atoms with van der Waals surface area (Å²) >= 11 is 0. The number of aryl methyl sites for hydroxylation is 1. The van der Waals surface area contributed by atoms with Crippen LogP contribution in [0.1, 0.15) is 24.6 Å². The summed E-state index contributed by atoms with van der Waals surface area (Å²) in [6.07, 6.45) is 6.51. The number of hydrogen-bond donors (Lipinski definition) is 0. The molecule has 3 aromatic rings. The predicted octanol–water partition coefficient (Wildman–Crippen LogP) is 1.55. The van der Waals surface area contributed by atoms with Crippen molar-refractivity contribution in [1.29, 1.82) is 0 Å². The van der Waals surface area contributed by atoms with Gasteiger partial charge >= 0.3 is 0 Å². The zero-order valence-corrected chi connectivity index (χ0v) is 15.5. The summed E-state index contributed by atoms with van der Waals surface area (Å²) in [5.41, 5.74) is 0.739. The van der Waals surface area contributed by atoms with Crippen molar-refractivity contribution >= 4 is 26.6 Å². The molecular formula is C17H20N6O2S. The van der Waals surface area contributed by atoms with E-state index in [1.165, 1.54) is 12.6 Å². The lowest BCUT2D eigenvalue weighted by molar-refractivity contribution is 0.478. The Kier molecular flexibility index (Phi) is 4.10. The maximum atomic E-state index is 11.9. The van der Waals surface area contributed by atoms with E-state index in [1.54, 1.807) is 24.5 Å². The summed E-state index contributed by atoms with van der Waals surface area (Å²) in [5, 5.41) is 8.99. The minimum absolute atomic E-state index is 0.263. The van der Waals surface area contributed by atoms with Gasteiger partial charge in [0.2, 0.25) is 0 Å². The second-order valence-electron chi connectivity index (χ2n) is 6.73. The normalized spacial score (nSPS) is 18.4. The number of rotatable bonds is 3. The van der Waals surface area contributed by atoms with Crippen LogP contribution in [0.25, 0.3) is 10.9 Å². The molecule has 1 atom stereocenters. The number of aromatic nitrogens is 5. The number of sulfone groups is 1. The van der Waals surface area contributed by atoms with Crippen LogP contribution in [0.3, 0.4) is 0 Å². The molecule has 4 rings (SSSR count). The molecule has 9 heteroatoms. The summed E-state index contributed by atoms with van der Waals surface area (Å²) < 4.78 is 25.8. The molecular weight excluding hydrogens is 352 g/mol. The van der Waals surface area contributed by atoms with Crippen molar-refractivity contribution in [2.24, 2.45) is 7.05 Å². The molecule has 1 saturated heterocycles. The number of hydrogen-bond acceptors (Lipinski definition) is 7. The Hall–Kier alpha value is -2.55. The van der Waals surface area contributed by atoms with Crippen LogP contribution in [0.5, 0.6) is 0 Å². The SMILES string of the molecule is Cn1cnnc1C1CCCN(c2ncnc3ccc(S(C)(=O)=O)cc23)C1. The molecule has 1 fully saturated rings. The lowest BCUT2D eigenvalue weighted by Gasteiger charge is -2.33. The Morgan fingerprint density at radius 3 is 2.81 bits per heavy atom. The smallest absolute Gasteiger partial charge is 0.175 e. The fraction of sp³-hybridized carbons (Fsp3) is 0.412. The van der Waals surface area contributed by atoms with Crippen LogP contribution in [-0.4, -0.2) is 52.5 Å². The maximum absolute atomic E-state index is 11.9. The fourth-order valence-electron chi connectivity index (χ4n) is 3.55. The quantitative estimate of drug-likeness (QED) is 0.688. The lowest BCUT2D eigenvalue weighted by atomic mass is 9.97. The van der Waals surface area contributed by atoms with E-state index in [9.17, 15) is 8.42 Å². The third-order valence-electron chi connectivity index (χ3n) is 4.85. The number of nitrogens with zero attached hydrogens (tertiary/aromatic N) is 6. The summed E-state index contributed by atoms with van der Waals surface area (Å²) in [6.45, 7) is 1.63. The first-order valence-electron chi connectivity index (χ1n) is 8.47. The van der Waals surface area contributed by atoms with Crippen LogP contribution in [0.15, 0.2) is 35.7 Å². The summed E-state index contributed by atoms with van der Waals surface area (Å²) in [6, 6.07) is 5.00. The molecule has 136 valence electrons. The highest BCUT2D eigenvalue weighted by atomic mass is 32.2. The molecule has 1 aliphatic rings. The molecule has 0 aliphatic carbocycles. The Morgan fingerprint density at radius 2 is 2.08 bits per heavy atom. The van der Waals surface area contributed by atoms with E-state index in [0.29, 0.717) is 0 Å². The van der Waals surface area contributed by atoms with Gasteiger partial charge in [-0.15, -0.1) is 10.2 Å². The Bertz CT molecular complexity index is 1060. The topological polar surface area (TPSA) is 93.9 Å². The van der Waals surface area contributed by atoms with Crippen molar-refractivity contribution in [2.45, 2.75) is 23.7 Å². The molecule has 0 radical (unpaired) electrons. The van der Waals surface area contributed by atoms with Crippen LogP contribution >= 0.6 is 0 Å². The largest absolute Gasteiger partial charge is 0.355 e. The average molecular weight is 372 g/mol. The highest BCUT2D eigenvalue weighted by Gasteiger charge is 2.26.